The van der Waals surface area contributed by atoms with Gasteiger partial charge in [0.1, 0.15) is 11.9 Å². The number of halogens is 2. The number of nitrogens with two attached hydrogens (primary N) is 1. The van der Waals surface area contributed by atoms with Gasteiger partial charge in [-0.05, 0) is 12.1 Å². The van der Waals surface area contributed by atoms with Gasteiger partial charge in [-0.1, -0.05) is 0 Å². The van der Waals surface area contributed by atoms with Crippen molar-refractivity contribution in [3.8, 4) is 0 Å². The van der Waals surface area contributed by atoms with Crippen molar-refractivity contribution in [3.05, 3.63) is 35.5 Å². The molecule has 0 aliphatic rings. The van der Waals surface area contributed by atoms with Crippen molar-refractivity contribution in [2.24, 2.45) is 5.73 Å². The number of benzene rings is 1. The SMILES string of the molecule is NC(Cc1c(F)cc2cc[nH]c2c1F)C(=O)O. The fraction of sp³-hybridized carbons (Fsp3) is 0.182. The van der Waals surface area contributed by atoms with Crippen molar-refractivity contribution in [2.75, 3.05) is 0 Å². The van der Waals surface area contributed by atoms with Gasteiger partial charge in [-0.2, -0.15) is 0 Å². The van der Waals surface area contributed by atoms with Crippen LogP contribution in [0.4, 0.5) is 8.78 Å². The summed E-state index contributed by atoms with van der Waals surface area (Å²) in [4.78, 5) is 13.2. The molecule has 2 aromatic rings. The third kappa shape index (κ3) is 1.99. The number of H-pyrrole nitrogens is 1. The molecular weight excluding hydrogens is 230 g/mol. The van der Waals surface area contributed by atoms with Crippen LogP contribution in [0.15, 0.2) is 18.3 Å². The van der Waals surface area contributed by atoms with Crippen molar-refractivity contribution in [2.45, 2.75) is 12.5 Å². The van der Waals surface area contributed by atoms with Gasteiger partial charge in [0.15, 0.2) is 5.82 Å². The highest BCUT2D eigenvalue weighted by molar-refractivity contribution is 5.81. The van der Waals surface area contributed by atoms with Crippen LogP contribution >= 0.6 is 0 Å². The zero-order valence-electron chi connectivity index (χ0n) is 8.71. The number of aromatic amines is 1. The fourth-order valence-corrected chi connectivity index (χ4v) is 1.67. The van der Waals surface area contributed by atoms with Crippen molar-refractivity contribution < 1.29 is 18.7 Å². The number of fused-ring (bicyclic) bond motifs is 1. The summed E-state index contributed by atoms with van der Waals surface area (Å²) in [5, 5.41) is 9.02. The lowest BCUT2D eigenvalue weighted by atomic mass is 10.0. The topological polar surface area (TPSA) is 79.1 Å². The van der Waals surface area contributed by atoms with Gasteiger partial charge < -0.3 is 15.8 Å². The summed E-state index contributed by atoms with van der Waals surface area (Å²) in [5.74, 6) is -2.87. The molecule has 0 aliphatic carbocycles. The molecule has 0 saturated heterocycles. The van der Waals surface area contributed by atoms with E-state index in [1.165, 1.54) is 12.3 Å². The summed E-state index contributed by atoms with van der Waals surface area (Å²) in [7, 11) is 0. The maximum Gasteiger partial charge on any atom is 0.320 e. The summed E-state index contributed by atoms with van der Waals surface area (Å²) in [5.41, 5.74) is 5.10. The lowest BCUT2D eigenvalue weighted by molar-refractivity contribution is -0.138. The Hall–Kier alpha value is -1.95. The predicted octanol–water partition coefficient (Wildman–Crippen LogP) is 1.40. The van der Waals surface area contributed by atoms with Crippen LogP contribution in [0.2, 0.25) is 0 Å². The second kappa shape index (κ2) is 4.14. The first-order valence-corrected chi connectivity index (χ1v) is 4.93. The number of carbonyl (C=O) groups is 1. The van der Waals surface area contributed by atoms with Gasteiger partial charge in [-0.25, -0.2) is 8.78 Å². The van der Waals surface area contributed by atoms with E-state index in [9.17, 15) is 13.6 Å². The molecule has 6 heteroatoms. The second-order valence-electron chi connectivity index (χ2n) is 3.74. The maximum atomic E-state index is 13.9. The molecule has 0 amide bonds. The molecule has 90 valence electrons. The van der Waals surface area contributed by atoms with Gasteiger partial charge in [0.2, 0.25) is 0 Å². The molecule has 1 heterocycles. The monoisotopic (exact) mass is 240 g/mol. The standard InChI is InChI=1S/C11H10F2N2O2/c12-7-3-5-1-2-15-10(5)9(13)6(7)4-8(14)11(16)17/h1-3,8,15H,4,14H2,(H,16,17). The van der Waals surface area contributed by atoms with E-state index in [2.05, 4.69) is 4.98 Å². The van der Waals surface area contributed by atoms with Gasteiger partial charge in [-0.3, -0.25) is 4.79 Å². The molecule has 0 fully saturated rings. The van der Waals surface area contributed by atoms with E-state index >= 15 is 0 Å². The Morgan fingerprint density at radius 1 is 1.53 bits per heavy atom. The van der Waals surface area contributed by atoms with Crippen LogP contribution < -0.4 is 5.73 Å². The number of aliphatic carboxylic acids is 1. The van der Waals surface area contributed by atoms with E-state index < -0.39 is 23.6 Å². The number of aromatic nitrogens is 1. The van der Waals surface area contributed by atoms with Crippen LogP contribution in [0.25, 0.3) is 10.9 Å². The Kier molecular flexibility index (Phi) is 2.81. The molecule has 4 N–H and O–H groups in total. The Balaban J connectivity index is 2.49. The zero-order chi connectivity index (χ0) is 12.6. The van der Waals surface area contributed by atoms with Crippen LogP contribution in [-0.2, 0) is 11.2 Å². The molecule has 0 radical (unpaired) electrons. The quantitative estimate of drug-likeness (QED) is 0.758. The molecule has 0 aliphatic heterocycles. The minimum absolute atomic E-state index is 0.152. The molecule has 2 rings (SSSR count). The van der Waals surface area contributed by atoms with E-state index in [1.807, 2.05) is 0 Å². The van der Waals surface area contributed by atoms with Crippen molar-refractivity contribution in [1.82, 2.24) is 4.98 Å². The normalized spacial score (nSPS) is 12.9. The van der Waals surface area contributed by atoms with E-state index in [4.69, 9.17) is 10.8 Å². The highest BCUT2D eigenvalue weighted by Gasteiger charge is 2.20. The summed E-state index contributed by atoms with van der Waals surface area (Å²) in [6, 6.07) is 1.35. The lowest BCUT2D eigenvalue weighted by Gasteiger charge is -2.09. The average Bonchev–Trinajstić information content (AvgIpc) is 2.71. The van der Waals surface area contributed by atoms with Gasteiger partial charge in [0, 0.05) is 23.6 Å². The minimum atomic E-state index is -1.33. The minimum Gasteiger partial charge on any atom is -0.480 e. The van der Waals surface area contributed by atoms with Crippen molar-refractivity contribution >= 4 is 16.9 Å². The number of carboxylic acid groups (broad SMARTS) is 1. The molecule has 0 bridgehead atoms. The maximum absolute atomic E-state index is 13.9. The second-order valence-corrected chi connectivity index (χ2v) is 3.74. The Morgan fingerprint density at radius 3 is 2.88 bits per heavy atom. The Bertz CT molecular complexity index is 580. The van der Waals surface area contributed by atoms with E-state index in [1.54, 1.807) is 0 Å². The Labute approximate surface area is 95.0 Å². The van der Waals surface area contributed by atoms with Crippen molar-refractivity contribution in [1.29, 1.82) is 0 Å². The summed E-state index contributed by atoms with van der Waals surface area (Å²) in [6.45, 7) is 0. The highest BCUT2D eigenvalue weighted by atomic mass is 19.1. The average molecular weight is 240 g/mol. The third-order valence-corrected chi connectivity index (χ3v) is 2.58. The largest absolute Gasteiger partial charge is 0.480 e. The summed E-state index contributed by atoms with van der Waals surface area (Å²) in [6.07, 6.45) is 1.09. The third-order valence-electron chi connectivity index (χ3n) is 2.58. The Morgan fingerprint density at radius 2 is 2.24 bits per heavy atom. The summed E-state index contributed by atoms with van der Waals surface area (Å²) >= 11 is 0. The smallest absolute Gasteiger partial charge is 0.320 e. The number of hydrogen-bond donors (Lipinski definition) is 3. The molecule has 0 spiro atoms. The molecule has 17 heavy (non-hydrogen) atoms. The van der Waals surface area contributed by atoms with Gasteiger partial charge >= 0.3 is 5.97 Å². The number of nitrogens with one attached hydrogen (secondary N) is 1. The molecule has 4 nitrogen and oxygen atoms in total. The molecule has 0 saturated carbocycles. The first-order valence-electron chi connectivity index (χ1n) is 4.93. The molecule has 1 unspecified atom stereocenters. The van der Waals surface area contributed by atoms with Gasteiger partial charge in [0.25, 0.3) is 0 Å². The van der Waals surface area contributed by atoms with E-state index in [0.29, 0.717) is 5.39 Å². The van der Waals surface area contributed by atoms with Gasteiger partial charge in [-0.15, -0.1) is 0 Å². The van der Waals surface area contributed by atoms with E-state index in [-0.39, 0.29) is 17.5 Å². The molecular formula is C11H10F2N2O2. The van der Waals surface area contributed by atoms with E-state index in [0.717, 1.165) is 6.07 Å². The lowest BCUT2D eigenvalue weighted by Crippen LogP contribution is -2.33. The van der Waals surface area contributed by atoms with Crippen LogP contribution in [0.3, 0.4) is 0 Å². The molecule has 1 aromatic carbocycles. The predicted molar refractivity (Wildman–Crippen MR) is 57.5 cm³/mol. The molecule has 1 aromatic heterocycles. The number of rotatable bonds is 3. The fourth-order valence-electron chi connectivity index (χ4n) is 1.67. The first-order chi connectivity index (χ1) is 8.00. The van der Waals surface area contributed by atoms with Crippen LogP contribution in [0.1, 0.15) is 5.56 Å². The number of hydrogen-bond acceptors (Lipinski definition) is 2. The summed E-state index contributed by atoms with van der Waals surface area (Å²) < 4.78 is 27.4. The highest BCUT2D eigenvalue weighted by Crippen LogP contribution is 2.23. The van der Waals surface area contributed by atoms with Crippen molar-refractivity contribution in [3.63, 3.8) is 0 Å². The van der Waals surface area contributed by atoms with Crippen LogP contribution in [-0.4, -0.2) is 22.1 Å². The van der Waals surface area contributed by atoms with Crippen LogP contribution in [0.5, 0.6) is 0 Å². The zero-order valence-corrected chi connectivity index (χ0v) is 8.71. The van der Waals surface area contributed by atoms with Crippen LogP contribution in [0, 0.1) is 11.6 Å². The molecule has 1 atom stereocenters. The van der Waals surface area contributed by atoms with Gasteiger partial charge in [0.05, 0.1) is 5.52 Å². The first kappa shape index (κ1) is 11.5. The number of carboxylic acids is 1.